The summed E-state index contributed by atoms with van der Waals surface area (Å²) in [5, 5.41) is 16.8. The topological polar surface area (TPSA) is 79.5 Å². The van der Waals surface area contributed by atoms with Crippen molar-refractivity contribution in [3.05, 3.63) is 36.0 Å². The van der Waals surface area contributed by atoms with E-state index in [9.17, 15) is 9.18 Å². The van der Waals surface area contributed by atoms with E-state index in [1.54, 1.807) is 12.1 Å². The lowest BCUT2D eigenvalue weighted by Gasteiger charge is -2.17. The minimum Gasteiger partial charge on any atom is -0.465 e. The highest BCUT2D eigenvalue weighted by atomic mass is 19.1. The van der Waals surface area contributed by atoms with Gasteiger partial charge in [0.15, 0.2) is 0 Å². The van der Waals surface area contributed by atoms with E-state index in [-0.39, 0.29) is 17.3 Å². The summed E-state index contributed by atoms with van der Waals surface area (Å²) in [6.45, 7) is 0.442. The van der Waals surface area contributed by atoms with Crippen LogP contribution in [-0.2, 0) is 0 Å². The second-order valence-electron chi connectivity index (χ2n) is 4.56. The van der Waals surface area contributed by atoms with Crippen LogP contribution in [0.1, 0.15) is 24.8 Å². The Kier molecular flexibility index (Phi) is 3.09. The van der Waals surface area contributed by atoms with Crippen molar-refractivity contribution in [2.75, 3.05) is 6.54 Å². The van der Waals surface area contributed by atoms with Gasteiger partial charge in [0.2, 0.25) is 5.89 Å². The maximum absolute atomic E-state index is 13.6. The lowest BCUT2D eigenvalue weighted by molar-refractivity contribution is 0.134. The van der Waals surface area contributed by atoms with E-state index < -0.39 is 18.0 Å². The molecule has 1 amide bonds. The first kappa shape index (κ1) is 12.6. The van der Waals surface area contributed by atoms with Gasteiger partial charge in [-0.2, -0.15) is 0 Å². The molecule has 1 N–H and O–H groups in total. The Morgan fingerprint density at radius 2 is 2.20 bits per heavy atom. The number of aromatic nitrogens is 2. The Balaban J connectivity index is 1.91. The van der Waals surface area contributed by atoms with Gasteiger partial charge in [-0.1, -0.05) is 12.1 Å². The molecule has 2 aromatic rings. The van der Waals surface area contributed by atoms with E-state index in [2.05, 4.69) is 10.2 Å². The normalized spacial score (nSPS) is 18.4. The summed E-state index contributed by atoms with van der Waals surface area (Å²) in [7, 11) is 0. The molecule has 0 spiro atoms. The first-order chi connectivity index (χ1) is 9.66. The van der Waals surface area contributed by atoms with Crippen LogP contribution in [0.3, 0.4) is 0 Å². The van der Waals surface area contributed by atoms with Gasteiger partial charge < -0.3 is 9.52 Å². The third-order valence-corrected chi connectivity index (χ3v) is 3.33. The average molecular weight is 277 g/mol. The molecule has 1 atom stereocenters. The molecule has 1 saturated heterocycles. The highest BCUT2D eigenvalue weighted by molar-refractivity contribution is 5.66. The molecule has 1 fully saturated rings. The molecule has 1 aromatic heterocycles. The van der Waals surface area contributed by atoms with E-state index in [1.807, 2.05) is 0 Å². The molecule has 2 heterocycles. The quantitative estimate of drug-likeness (QED) is 0.912. The molecule has 3 rings (SSSR count). The zero-order chi connectivity index (χ0) is 14.1. The van der Waals surface area contributed by atoms with Crippen LogP contribution in [0.5, 0.6) is 0 Å². The smallest absolute Gasteiger partial charge is 0.407 e. The van der Waals surface area contributed by atoms with Crippen molar-refractivity contribution in [1.82, 2.24) is 15.1 Å². The molecule has 1 aliphatic heterocycles. The summed E-state index contributed by atoms with van der Waals surface area (Å²) >= 11 is 0. The molecule has 0 radical (unpaired) electrons. The summed E-state index contributed by atoms with van der Waals surface area (Å²) in [6, 6.07) is 5.63. The maximum atomic E-state index is 13.6. The number of carboxylic acid groups (broad SMARTS) is 1. The number of likely N-dealkylation sites (tertiary alicyclic amines) is 1. The van der Waals surface area contributed by atoms with Gasteiger partial charge in [0.25, 0.3) is 5.89 Å². The van der Waals surface area contributed by atoms with Crippen LogP contribution in [-0.4, -0.2) is 32.8 Å². The van der Waals surface area contributed by atoms with Crippen molar-refractivity contribution in [2.45, 2.75) is 18.9 Å². The number of halogens is 1. The van der Waals surface area contributed by atoms with Gasteiger partial charge >= 0.3 is 6.09 Å². The van der Waals surface area contributed by atoms with Crippen molar-refractivity contribution in [3.63, 3.8) is 0 Å². The van der Waals surface area contributed by atoms with Crippen molar-refractivity contribution in [3.8, 4) is 11.5 Å². The predicted octanol–water partition coefficient (Wildman–Crippen LogP) is 2.69. The van der Waals surface area contributed by atoms with E-state index in [1.165, 1.54) is 17.0 Å². The Labute approximate surface area is 113 Å². The fourth-order valence-electron chi connectivity index (χ4n) is 2.37. The van der Waals surface area contributed by atoms with Crippen molar-refractivity contribution in [1.29, 1.82) is 0 Å². The van der Waals surface area contributed by atoms with Crippen LogP contribution in [0.15, 0.2) is 28.7 Å². The molecule has 0 bridgehead atoms. The third kappa shape index (κ3) is 2.11. The lowest BCUT2D eigenvalue weighted by atomic mass is 10.2. The molecule has 1 aromatic carbocycles. The summed E-state index contributed by atoms with van der Waals surface area (Å²) in [5.74, 6) is -0.178. The van der Waals surface area contributed by atoms with E-state index >= 15 is 0 Å². The molecule has 20 heavy (non-hydrogen) atoms. The molecule has 104 valence electrons. The lowest BCUT2D eigenvalue weighted by Crippen LogP contribution is -2.28. The summed E-state index contributed by atoms with van der Waals surface area (Å²) in [6.07, 6.45) is 0.359. The van der Waals surface area contributed by atoms with Gasteiger partial charge in [-0.3, -0.25) is 4.90 Å². The average Bonchev–Trinajstić information content (AvgIpc) is 3.07. The fourth-order valence-corrected chi connectivity index (χ4v) is 2.37. The molecule has 0 saturated carbocycles. The minimum absolute atomic E-state index is 0.0651. The van der Waals surface area contributed by atoms with Crippen molar-refractivity contribution >= 4 is 6.09 Å². The fraction of sp³-hybridized carbons (Fsp3) is 0.308. The number of benzene rings is 1. The van der Waals surface area contributed by atoms with Crippen molar-refractivity contribution < 1.29 is 18.7 Å². The standard InChI is InChI=1S/C13H12FN3O3/c14-9-5-2-1-4-8(9)11-15-16-12(20-11)10-6-3-7-17(10)13(18)19/h1-2,4-5,10H,3,6-7H2,(H,18,19). The van der Waals surface area contributed by atoms with Crippen LogP contribution in [0.2, 0.25) is 0 Å². The van der Waals surface area contributed by atoms with Gasteiger partial charge in [-0.15, -0.1) is 10.2 Å². The van der Waals surface area contributed by atoms with E-state index in [0.29, 0.717) is 13.0 Å². The molecule has 0 aliphatic carbocycles. The van der Waals surface area contributed by atoms with Crippen LogP contribution < -0.4 is 0 Å². The molecule has 7 heteroatoms. The van der Waals surface area contributed by atoms with Crippen LogP contribution in [0, 0.1) is 5.82 Å². The van der Waals surface area contributed by atoms with Gasteiger partial charge in [-0.05, 0) is 25.0 Å². The molecule has 6 nitrogen and oxygen atoms in total. The Bertz CT molecular complexity index is 643. The Morgan fingerprint density at radius 1 is 1.40 bits per heavy atom. The zero-order valence-electron chi connectivity index (χ0n) is 10.5. The molecular formula is C13H12FN3O3. The summed E-state index contributed by atoms with van der Waals surface area (Å²) in [4.78, 5) is 12.4. The van der Waals surface area contributed by atoms with Crippen LogP contribution in [0.4, 0.5) is 9.18 Å². The second kappa shape index (κ2) is 4.92. The monoisotopic (exact) mass is 277 g/mol. The number of carbonyl (C=O) groups is 1. The second-order valence-corrected chi connectivity index (χ2v) is 4.56. The third-order valence-electron chi connectivity index (χ3n) is 3.33. The maximum Gasteiger partial charge on any atom is 0.407 e. The first-order valence-electron chi connectivity index (χ1n) is 6.24. The number of hydrogen-bond donors (Lipinski definition) is 1. The van der Waals surface area contributed by atoms with Gasteiger partial charge in [-0.25, -0.2) is 9.18 Å². The number of amides is 1. The van der Waals surface area contributed by atoms with Crippen molar-refractivity contribution in [2.24, 2.45) is 0 Å². The van der Waals surface area contributed by atoms with E-state index in [0.717, 1.165) is 6.42 Å². The number of hydrogen-bond acceptors (Lipinski definition) is 4. The number of nitrogens with zero attached hydrogens (tertiary/aromatic N) is 3. The molecule has 1 aliphatic rings. The van der Waals surface area contributed by atoms with Crippen LogP contribution >= 0.6 is 0 Å². The predicted molar refractivity (Wildman–Crippen MR) is 66.4 cm³/mol. The Hall–Kier alpha value is -2.44. The highest BCUT2D eigenvalue weighted by Crippen LogP contribution is 2.32. The van der Waals surface area contributed by atoms with Gasteiger partial charge in [0.05, 0.1) is 5.56 Å². The zero-order valence-corrected chi connectivity index (χ0v) is 10.5. The SMILES string of the molecule is O=C(O)N1CCCC1c1nnc(-c2ccccc2F)o1. The van der Waals surface area contributed by atoms with Gasteiger partial charge in [0.1, 0.15) is 11.9 Å². The summed E-state index contributed by atoms with van der Waals surface area (Å²) < 4.78 is 19.1. The first-order valence-corrected chi connectivity index (χ1v) is 6.24. The van der Waals surface area contributed by atoms with Gasteiger partial charge in [0, 0.05) is 6.54 Å². The largest absolute Gasteiger partial charge is 0.465 e. The summed E-state index contributed by atoms with van der Waals surface area (Å²) in [5.41, 5.74) is 0.214. The van der Waals surface area contributed by atoms with Crippen LogP contribution in [0.25, 0.3) is 11.5 Å². The Morgan fingerprint density at radius 3 is 2.95 bits per heavy atom. The molecular weight excluding hydrogens is 265 g/mol. The molecule has 1 unspecified atom stereocenters. The number of rotatable bonds is 2. The highest BCUT2D eigenvalue weighted by Gasteiger charge is 2.34. The minimum atomic E-state index is -1.02. The van der Waals surface area contributed by atoms with E-state index in [4.69, 9.17) is 9.52 Å².